The van der Waals surface area contributed by atoms with Crippen LogP contribution in [0.1, 0.15) is 35.0 Å². The number of hydrogen-bond acceptors (Lipinski definition) is 4. The first-order valence-electron chi connectivity index (χ1n) is 10.5. The number of thiazole rings is 1. The van der Waals surface area contributed by atoms with Crippen molar-refractivity contribution >= 4 is 33.7 Å². The van der Waals surface area contributed by atoms with Crippen LogP contribution in [-0.4, -0.2) is 17.0 Å². The van der Waals surface area contributed by atoms with E-state index in [1.165, 1.54) is 16.3 Å². The second-order valence-electron chi connectivity index (χ2n) is 7.82. The van der Waals surface area contributed by atoms with Gasteiger partial charge in [0.05, 0.1) is 28.9 Å². The second kappa shape index (κ2) is 9.31. The normalized spacial score (nSPS) is 11.1. The van der Waals surface area contributed by atoms with Crippen molar-refractivity contribution in [2.75, 3.05) is 5.32 Å². The summed E-state index contributed by atoms with van der Waals surface area (Å²) >= 11 is 1.61. The summed E-state index contributed by atoms with van der Waals surface area (Å²) in [5.41, 5.74) is 2.86. The number of hydrogen-bond donors (Lipinski definition) is 1. The Morgan fingerprint density at radius 2 is 1.77 bits per heavy atom. The number of fused-ring (bicyclic) bond motifs is 1. The summed E-state index contributed by atoms with van der Waals surface area (Å²) in [4.78, 5) is 18.5. The Labute approximate surface area is 186 Å². The highest BCUT2D eigenvalue weighted by Crippen LogP contribution is 2.27. The quantitative estimate of drug-likeness (QED) is 0.382. The molecule has 0 spiro atoms. The van der Waals surface area contributed by atoms with E-state index in [1.54, 1.807) is 11.3 Å². The lowest BCUT2D eigenvalue weighted by Crippen LogP contribution is -2.16. The Bertz CT molecular complexity index is 1210. The van der Waals surface area contributed by atoms with E-state index in [0.29, 0.717) is 17.9 Å². The van der Waals surface area contributed by atoms with Gasteiger partial charge in [-0.25, -0.2) is 4.98 Å². The topological polar surface area (TPSA) is 51.2 Å². The van der Waals surface area contributed by atoms with Crippen molar-refractivity contribution in [1.82, 2.24) is 4.98 Å². The molecule has 0 radical (unpaired) electrons. The molecule has 0 aliphatic rings. The number of nitrogens with zero attached hydrogens (tertiary/aromatic N) is 1. The molecule has 4 nitrogen and oxygen atoms in total. The number of benzene rings is 3. The van der Waals surface area contributed by atoms with Crippen molar-refractivity contribution in [1.29, 1.82) is 0 Å². The largest absolute Gasteiger partial charge is 0.489 e. The highest BCUT2D eigenvalue weighted by Gasteiger charge is 2.15. The molecule has 0 unspecified atom stereocenters. The van der Waals surface area contributed by atoms with Crippen molar-refractivity contribution in [2.45, 2.75) is 39.7 Å². The van der Waals surface area contributed by atoms with Crippen LogP contribution in [0.2, 0.25) is 0 Å². The van der Waals surface area contributed by atoms with Crippen molar-refractivity contribution in [2.24, 2.45) is 0 Å². The molecule has 31 heavy (non-hydrogen) atoms. The van der Waals surface area contributed by atoms with Crippen LogP contribution in [0, 0.1) is 6.92 Å². The Hall–Kier alpha value is -3.18. The Morgan fingerprint density at radius 1 is 1.03 bits per heavy atom. The standard InChI is InChI=1S/C26H26N2O2S/c1-17(2)30-23-14-7-6-13-22(23)28-25(29)16-24-18(3)27-26(31-24)15-20-11-8-10-19-9-4-5-12-21(19)20/h4-14,17H,15-16H2,1-3H3,(H,28,29). The van der Waals surface area contributed by atoms with Crippen LogP contribution in [0.25, 0.3) is 10.8 Å². The van der Waals surface area contributed by atoms with E-state index in [4.69, 9.17) is 9.72 Å². The molecule has 0 fully saturated rings. The predicted octanol–water partition coefficient (Wildman–Crippen LogP) is 6.16. The molecule has 1 heterocycles. The summed E-state index contributed by atoms with van der Waals surface area (Å²) in [6.07, 6.45) is 1.10. The van der Waals surface area contributed by atoms with E-state index in [0.717, 1.165) is 22.0 Å². The number of ether oxygens (including phenoxy) is 1. The van der Waals surface area contributed by atoms with Gasteiger partial charge in [0.1, 0.15) is 5.75 Å². The summed E-state index contributed by atoms with van der Waals surface area (Å²) in [5, 5.41) is 6.50. The van der Waals surface area contributed by atoms with Gasteiger partial charge in [-0.05, 0) is 49.2 Å². The van der Waals surface area contributed by atoms with E-state index in [9.17, 15) is 4.79 Å². The van der Waals surface area contributed by atoms with Crippen LogP contribution < -0.4 is 10.1 Å². The molecule has 158 valence electrons. The van der Waals surface area contributed by atoms with Gasteiger partial charge in [-0.1, -0.05) is 54.6 Å². The van der Waals surface area contributed by atoms with Crippen molar-refractivity contribution < 1.29 is 9.53 Å². The summed E-state index contributed by atoms with van der Waals surface area (Å²) in [6, 6.07) is 22.3. The lowest BCUT2D eigenvalue weighted by atomic mass is 10.0. The van der Waals surface area contributed by atoms with E-state index in [-0.39, 0.29) is 12.0 Å². The number of aryl methyl sites for hydroxylation is 1. The minimum Gasteiger partial charge on any atom is -0.489 e. The molecule has 0 aliphatic carbocycles. The fraction of sp³-hybridized carbons (Fsp3) is 0.231. The summed E-state index contributed by atoms with van der Waals surface area (Å²) in [6.45, 7) is 5.91. The fourth-order valence-corrected chi connectivity index (χ4v) is 4.70. The Balaban J connectivity index is 1.48. The maximum Gasteiger partial charge on any atom is 0.229 e. The molecule has 3 aromatic carbocycles. The lowest BCUT2D eigenvalue weighted by molar-refractivity contribution is -0.115. The van der Waals surface area contributed by atoms with Gasteiger partial charge in [0.25, 0.3) is 0 Å². The predicted molar refractivity (Wildman–Crippen MR) is 128 cm³/mol. The van der Waals surface area contributed by atoms with Crippen molar-refractivity contribution in [3.63, 3.8) is 0 Å². The monoisotopic (exact) mass is 430 g/mol. The molecule has 1 aromatic heterocycles. The van der Waals surface area contributed by atoms with E-state index >= 15 is 0 Å². The smallest absolute Gasteiger partial charge is 0.229 e. The molecule has 4 rings (SSSR count). The Morgan fingerprint density at radius 3 is 2.61 bits per heavy atom. The number of para-hydroxylation sites is 2. The number of carbonyl (C=O) groups is 1. The minimum absolute atomic E-state index is 0.0402. The third-order valence-electron chi connectivity index (χ3n) is 5.00. The van der Waals surface area contributed by atoms with Crippen LogP contribution >= 0.6 is 11.3 Å². The van der Waals surface area contributed by atoms with Gasteiger partial charge in [-0.2, -0.15) is 0 Å². The molecule has 0 atom stereocenters. The summed E-state index contributed by atoms with van der Waals surface area (Å²) in [5.74, 6) is 0.617. The number of aromatic nitrogens is 1. The van der Waals surface area contributed by atoms with Gasteiger partial charge >= 0.3 is 0 Å². The van der Waals surface area contributed by atoms with Gasteiger partial charge in [-0.15, -0.1) is 11.3 Å². The van der Waals surface area contributed by atoms with Crippen LogP contribution in [-0.2, 0) is 17.6 Å². The average Bonchev–Trinajstić information content (AvgIpc) is 3.08. The first-order valence-corrected chi connectivity index (χ1v) is 11.3. The number of nitrogens with one attached hydrogen (secondary N) is 1. The maximum absolute atomic E-state index is 12.7. The molecule has 4 aromatic rings. The zero-order valence-corrected chi connectivity index (χ0v) is 18.8. The summed E-state index contributed by atoms with van der Waals surface area (Å²) < 4.78 is 5.80. The average molecular weight is 431 g/mol. The minimum atomic E-state index is -0.0664. The molecule has 5 heteroatoms. The fourth-order valence-electron chi connectivity index (χ4n) is 3.60. The van der Waals surface area contributed by atoms with E-state index < -0.39 is 0 Å². The highest BCUT2D eigenvalue weighted by atomic mass is 32.1. The van der Waals surface area contributed by atoms with Gasteiger partial charge in [-0.3, -0.25) is 4.79 Å². The summed E-state index contributed by atoms with van der Waals surface area (Å²) in [7, 11) is 0. The molecular weight excluding hydrogens is 404 g/mol. The van der Waals surface area contributed by atoms with Crippen LogP contribution in [0.5, 0.6) is 5.75 Å². The van der Waals surface area contributed by atoms with Gasteiger partial charge in [0.2, 0.25) is 5.91 Å². The third kappa shape index (κ3) is 5.12. The van der Waals surface area contributed by atoms with Gasteiger partial charge in [0.15, 0.2) is 0 Å². The van der Waals surface area contributed by atoms with Crippen LogP contribution in [0.15, 0.2) is 66.7 Å². The first-order chi connectivity index (χ1) is 15.0. The SMILES string of the molecule is Cc1nc(Cc2cccc3ccccc23)sc1CC(=O)Nc1ccccc1OC(C)C. The van der Waals surface area contributed by atoms with E-state index in [2.05, 4.69) is 47.8 Å². The zero-order valence-electron chi connectivity index (χ0n) is 18.0. The van der Waals surface area contributed by atoms with Crippen LogP contribution in [0.4, 0.5) is 5.69 Å². The number of amides is 1. The van der Waals surface area contributed by atoms with Gasteiger partial charge < -0.3 is 10.1 Å². The maximum atomic E-state index is 12.7. The molecular formula is C26H26N2O2S. The molecule has 1 amide bonds. The van der Waals surface area contributed by atoms with Crippen LogP contribution in [0.3, 0.4) is 0 Å². The van der Waals surface area contributed by atoms with E-state index in [1.807, 2.05) is 45.0 Å². The third-order valence-corrected chi connectivity index (χ3v) is 6.16. The molecule has 0 saturated carbocycles. The van der Waals surface area contributed by atoms with Gasteiger partial charge in [0, 0.05) is 11.3 Å². The zero-order chi connectivity index (χ0) is 21.8. The number of rotatable bonds is 7. The Kier molecular flexibility index (Phi) is 6.33. The second-order valence-corrected chi connectivity index (χ2v) is 8.99. The molecule has 1 N–H and O–H groups in total. The van der Waals surface area contributed by atoms with Crippen molar-refractivity contribution in [3.05, 3.63) is 87.9 Å². The molecule has 0 bridgehead atoms. The van der Waals surface area contributed by atoms with Crippen molar-refractivity contribution in [3.8, 4) is 5.75 Å². The number of anilines is 1. The first kappa shape index (κ1) is 21.1. The number of carbonyl (C=O) groups excluding carboxylic acids is 1. The molecule has 0 aliphatic heterocycles. The lowest BCUT2D eigenvalue weighted by Gasteiger charge is -2.14. The highest BCUT2D eigenvalue weighted by molar-refractivity contribution is 7.11. The molecule has 0 saturated heterocycles.